The number of fused-ring (bicyclic) bond motifs is 3. The van der Waals surface area contributed by atoms with E-state index in [1.54, 1.807) is 42.5 Å². The lowest BCUT2D eigenvalue weighted by Gasteiger charge is -2.23. The third kappa shape index (κ3) is 3.52. The highest BCUT2D eigenvalue weighted by atomic mass is 35.5. The summed E-state index contributed by atoms with van der Waals surface area (Å²) < 4.78 is 17.6. The van der Waals surface area contributed by atoms with Crippen LogP contribution in [0.1, 0.15) is 21.9 Å². The minimum Gasteiger partial charge on any atom is -0.493 e. The molecule has 5 rings (SSSR count). The van der Waals surface area contributed by atoms with Crippen LogP contribution in [0.25, 0.3) is 16.2 Å². The van der Waals surface area contributed by atoms with Crippen LogP contribution >= 0.6 is 22.9 Å². The summed E-state index contributed by atoms with van der Waals surface area (Å²) in [5.41, 5.74) is 6.93. The van der Waals surface area contributed by atoms with Crippen molar-refractivity contribution in [2.75, 3.05) is 14.2 Å². The average molecular weight is 518 g/mol. The van der Waals surface area contributed by atoms with Crippen LogP contribution in [0.5, 0.6) is 17.4 Å². The van der Waals surface area contributed by atoms with Gasteiger partial charge in [-0.1, -0.05) is 35.1 Å². The van der Waals surface area contributed by atoms with Gasteiger partial charge in [0, 0.05) is 10.6 Å². The Kier molecular flexibility index (Phi) is 5.77. The highest BCUT2D eigenvalue weighted by molar-refractivity contribution is 7.17. The van der Waals surface area contributed by atoms with Crippen LogP contribution in [0.2, 0.25) is 5.02 Å². The normalized spacial score (nSPS) is 14.5. The Morgan fingerprint density at radius 1 is 1.11 bits per heavy atom. The van der Waals surface area contributed by atoms with Crippen LogP contribution < -0.4 is 25.5 Å². The van der Waals surface area contributed by atoms with Gasteiger partial charge in [0.25, 0.3) is 5.56 Å². The van der Waals surface area contributed by atoms with Gasteiger partial charge in [-0.3, -0.25) is 4.79 Å². The molecule has 178 valence electrons. The summed E-state index contributed by atoms with van der Waals surface area (Å²) in [7, 11) is 3.00. The minimum atomic E-state index is -0.618. The van der Waals surface area contributed by atoms with Crippen molar-refractivity contribution in [3.63, 3.8) is 0 Å². The maximum absolute atomic E-state index is 13.5. The lowest BCUT2D eigenvalue weighted by molar-refractivity contribution is 0.355. The molecule has 9 nitrogen and oxygen atoms in total. The van der Waals surface area contributed by atoms with Crippen LogP contribution in [0, 0.1) is 22.7 Å². The first-order valence-corrected chi connectivity index (χ1v) is 11.7. The van der Waals surface area contributed by atoms with E-state index in [0.29, 0.717) is 27.0 Å². The second-order valence-electron chi connectivity index (χ2n) is 7.69. The molecular formula is C25H16ClN5O4S. The molecule has 0 bridgehead atoms. The monoisotopic (exact) mass is 517 g/mol. The molecular weight excluding hydrogens is 502 g/mol. The number of thiazole rings is 1. The van der Waals surface area contributed by atoms with Crippen molar-refractivity contribution in [2.45, 2.75) is 5.92 Å². The zero-order valence-electron chi connectivity index (χ0n) is 18.9. The second-order valence-corrected chi connectivity index (χ2v) is 9.13. The number of hydrogen-bond donors (Lipinski definition) is 1. The van der Waals surface area contributed by atoms with Gasteiger partial charge < -0.3 is 19.9 Å². The molecule has 0 aliphatic carbocycles. The number of allylic oxidation sites excluding steroid dienone is 1. The van der Waals surface area contributed by atoms with Gasteiger partial charge in [0.05, 0.1) is 30.7 Å². The van der Waals surface area contributed by atoms with E-state index in [1.807, 2.05) is 6.07 Å². The van der Waals surface area contributed by atoms with Crippen molar-refractivity contribution in [3.8, 4) is 40.8 Å². The molecule has 0 radical (unpaired) electrons. The fourth-order valence-corrected chi connectivity index (χ4v) is 5.41. The number of methoxy groups -OCH3 is 2. The van der Waals surface area contributed by atoms with Crippen LogP contribution in [0.4, 0.5) is 0 Å². The highest BCUT2D eigenvalue weighted by Crippen LogP contribution is 2.46. The van der Waals surface area contributed by atoms with Crippen molar-refractivity contribution in [2.24, 2.45) is 5.73 Å². The number of halogens is 1. The largest absolute Gasteiger partial charge is 0.493 e. The lowest BCUT2D eigenvalue weighted by Crippen LogP contribution is -2.24. The summed E-state index contributed by atoms with van der Waals surface area (Å²) in [5, 5.41) is 20.3. The van der Waals surface area contributed by atoms with Gasteiger partial charge >= 0.3 is 0 Å². The second kappa shape index (κ2) is 8.93. The summed E-state index contributed by atoms with van der Waals surface area (Å²) in [5.74, 6) is 0.317. The summed E-state index contributed by atoms with van der Waals surface area (Å²) in [6.45, 7) is 0. The van der Waals surface area contributed by atoms with Crippen molar-refractivity contribution in [3.05, 3.63) is 85.3 Å². The van der Waals surface area contributed by atoms with Crippen molar-refractivity contribution >= 4 is 27.9 Å². The number of benzene rings is 2. The van der Waals surface area contributed by atoms with E-state index in [9.17, 15) is 15.3 Å². The van der Waals surface area contributed by atoms with Crippen molar-refractivity contribution in [1.82, 2.24) is 9.38 Å². The Balaban J connectivity index is 1.78. The molecule has 4 aromatic rings. The lowest BCUT2D eigenvalue weighted by atomic mass is 9.89. The predicted molar refractivity (Wildman–Crippen MR) is 133 cm³/mol. The van der Waals surface area contributed by atoms with Gasteiger partial charge in [-0.2, -0.15) is 10.5 Å². The van der Waals surface area contributed by atoms with Gasteiger partial charge in [-0.05, 0) is 35.9 Å². The number of nitrogens with two attached hydrogens (primary N) is 1. The smallest absolute Gasteiger partial charge is 0.280 e. The molecule has 1 atom stereocenters. The number of nitrogens with zero attached hydrogens (tertiary/aromatic N) is 4. The van der Waals surface area contributed by atoms with Gasteiger partial charge in [-0.15, -0.1) is 0 Å². The molecule has 11 heteroatoms. The predicted octanol–water partition coefficient (Wildman–Crippen LogP) is 4.18. The molecule has 0 spiro atoms. The number of rotatable bonds is 4. The number of nitriles is 2. The molecule has 2 N–H and O–H groups in total. The maximum atomic E-state index is 13.5. The van der Waals surface area contributed by atoms with E-state index < -0.39 is 11.5 Å². The molecule has 1 aliphatic heterocycles. The molecule has 0 amide bonds. The molecule has 2 aromatic heterocycles. The Morgan fingerprint density at radius 3 is 2.47 bits per heavy atom. The first kappa shape index (κ1) is 23.2. The number of aromatic nitrogens is 2. The molecule has 0 saturated carbocycles. The van der Waals surface area contributed by atoms with Gasteiger partial charge in [-0.25, -0.2) is 9.38 Å². The minimum absolute atomic E-state index is 0.124. The fourth-order valence-electron chi connectivity index (χ4n) is 4.10. The highest BCUT2D eigenvalue weighted by Gasteiger charge is 2.36. The summed E-state index contributed by atoms with van der Waals surface area (Å²) >= 11 is 7.23. The van der Waals surface area contributed by atoms with E-state index >= 15 is 0 Å². The molecule has 1 aliphatic rings. The van der Waals surface area contributed by atoms with E-state index in [-0.39, 0.29) is 33.6 Å². The first-order chi connectivity index (χ1) is 17.4. The van der Waals surface area contributed by atoms with E-state index in [4.69, 9.17) is 31.5 Å². The zero-order chi connectivity index (χ0) is 25.6. The standard InChI is InChI=1S/C25H16ClN5O4S/c1-33-17-8-5-13(9-18(17)34-2)20-16(11-28)23(32)31-24-21(36-25(31)30-20)19(15(10-27)22(29)35-24)12-3-6-14(26)7-4-12/h3-9,19H,29H2,1-2H3/t19-/m0/s1. The third-order valence-electron chi connectivity index (χ3n) is 5.78. The molecule has 2 aromatic carbocycles. The van der Waals surface area contributed by atoms with Crippen molar-refractivity contribution < 1.29 is 14.2 Å². The van der Waals surface area contributed by atoms with E-state index in [1.165, 1.54) is 30.0 Å². The van der Waals surface area contributed by atoms with Crippen LogP contribution in [-0.4, -0.2) is 23.6 Å². The van der Waals surface area contributed by atoms with E-state index in [2.05, 4.69) is 11.1 Å². The summed E-state index contributed by atoms with van der Waals surface area (Å²) in [4.78, 5) is 19.0. The Bertz CT molecular complexity index is 1710. The Hall–Kier alpha value is -4.51. The molecule has 3 heterocycles. The average Bonchev–Trinajstić information content (AvgIpc) is 3.26. The first-order valence-electron chi connectivity index (χ1n) is 10.5. The van der Waals surface area contributed by atoms with E-state index in [0.717, 1.165) is 5.56 Å². The van der Waals surface area contributed by atoms with Crippen LogP contribution in [0.15, 0.2) is 58.7 Å². The van der Waals surface area contributed by atoms with Crippen LogP contribution in [-0.2, 0) is 0 Å². The van der Waals surface area contributed by atoms with Crippen molar-refractivity contribution in [1.29, 1.82) is 10.5 Å². The van der Waals surface area contributed by atoms with Gasteiger partial charge in [0.1, 0.15) is 23.3 Å². The number of hydrogen-bond acceptors (Lipinski definition) is 9. The molecule has 36 heavy (non-hydrogen) atoms. The third-order valence-corrected chi connectivity index (χ3v) is 7.12. The Labute approximate surface area is 213 Å². The van der Waals surface area contributed by atoms with Gasteiger partial charge in [0.15, 0.2) is 11.5 Å². The zero-order valence-corrected chi connectivity index (χ0v) is 20.5. The molecule has 0 unspecified atom stereocenters. The topological polar surface area (TPSA) is 136 Å². The SMILES string of the molecule is COc1ccc(-c2nc3sc4c(n3c(=O)c2C#N)OC(N)=C(C#N)[C@@H]4c2ccc(Cl)cc2)cc1OC. The summed E-state index contributed by atoms with van der Waals surface area (Å²) in [6.07, 6.45) is 0. The quantitative estimate of drug-likeness (QED) is 0.425. The Morgan fingerprint density at radius 2 is 1.83 bits per heavy atom. The molecule has 0 fully saturated rings. The summed E-state index contributed by atoms with van der Waals surface area (Å²) in [6, 6.07) is 16.1. The maximum Gasteiger partial charge on any atom is 0.280 e. The molecule has 0 saturated heterocycles. The van der Waals surface area contributed by atoms with Gasteiger partial charge in [0.2, 0.25) is 16.7 Å². The fraction of sp³-hybridized carbons (Fsp3) is 0.120. The van der Waals surface area contributed by atoms with Crippen LogP contribution in [0.3, 0.4) is 0 Å². The number of ether oxygens (including phenoxy) is 3.